The standard InChI is InChI=1S/C22H22ClN3/c1-14(17-5-3-15-12-24-9-7-18(15)17)26-21-6-4-16(23)11-19(21)20-13-25(2)10-8-22(20)26/h4,6-7,9,11-12H,3,5,8,10,13H2,1-2H3. The molecule has 0 radical (unpaired) electrons. The highest BCUT2D eigenvalue weighted by atomic mass is 35.5. The molecule has 2 aromatic heterocycles. The van der Waals surface area contributed by atoms with E-state index in [0.29, 0.717) is 0 Å². The zero-order valence-electron chi connectivity index (χ0n) is 15.2. The highest BCUT2D eigenvalue weighted by molar-refractivity contribution is 6.31. The van der Waals surface area contributed by atoms with Crippen LogP contribution in [0.3, 0.4) is 0 Å². The number of benzene rings is 1. The summed E-state index contributed by atoms with van der Waals surface area (Å²) in [7, 11) is 2.20. The molecule has 2 aliphatic rings. The Morgan fingerprint density at radius 1 is 1.15 bits per heavy atom. The van der Waals surface area contributed by atoms with Crippen molar-refractivity contribution in [3.63, 3.8) is 0 Å². The predicted octanol–water partition coefficient (Wildman–Crippen LogP) is 5.01. The van der Waals surface area contributed by atoms with Gasteiger partial charge in [-0.3, -0.25) is 4.98 Å². The molecule has 3 nitrogen and oxygen atoms in total. The number of hydrogen-bond donors (Lipinski definition) is 0. The van der Waals surface area contributed by atoms with Crippen molar-refractivity contribution in [2.45, 2.75) is 32.7 Å². The largest absolute Gasteiger partial charge is 0.317 e. The number of likely N-dealkylation sites (N-methyl/N-ethyl adjacent to an activating group) is 1. The number of fused-ring (bicyclic) bond motifs is 4. The van der Waals surface area contributed by atoms with Crippen LogP contribution < -0.4 is 0 Å². The third-order valence-electron chi connectivity index (χ3n) is 5.95. The summed E-state index contributed by atoms with van der Waals surface area (Å²) in [4.78, 5) is 6.70. The first-order chi connectivity index (χ1) is 12.6. The maximum atomic E-state index is 6.34. The van der Waals surface area contributed by atoms with Gasteiger partial charge in [-0.15, -0.1) is 0 Å². The highest BCUT2D eigenvalue weighted by Gasteiger charge is 2.26. The van der Waals surface area contributed by atoms with Crippen LogP contribution in [0.4, 0.5) is 0 Å². The van der Waals surface area contributed by atoms with Gasteiger partial charge in [0.15, 0.2) is 0 Å². The molecule has 3 aromatic rings. The van der Waals surface area contributed by atoms with E-state index >= 15 is 0 Å². The first kappa shape index (κ1) is 16.1. The second-order valence-electron chi connectivity index (χ2n) is 7.51. The summed E-state index contributed by atoms with van der Waals surface area (Å²) in [6, 6.07) is 8.50. The van der Waals surface area contributed by atoms with Crippen molar-refractivity contribution in [1.82, 2.24) is 14.5 Å². The van der Waals surface area contributed by atoms with Crippen molar-refractivity contribution in [3.05, 3.63) is 64.1 Å². The zero-order chi connectivity index (χ0) is 17.8. The molecule has 3 heterocycles. The minimum Gasteiger partial charge on any atom is -0.317 e. The lowest BCUT2D eigenvalue weighted by Crippen LogP contribution is -2.27. The monoisotopic (exact) mass is 363 g/mol. The fourth-order valence-electron chi connectivity index (χ4n) is 4.67. The van der Waals surface area contributed by atoms with Gasteiger partial charge in [0.25, 0.3) is 0 Å². The van der Waals surface area contributed by atoms with Gasteiger partial charge in [0.2, 0.25) is 0 Å². The number of allylic oxidation sites excluding steroid dienone is 2. The summed E-state index contributed by atoms with van der Waals surface area (Å²) in [5.41, 5.74) is 9.72. The molecule has 0 amide bonds. The van der Waals surface area contributed by atoms with Crippen molar-refractivity contribution in [3.8, 4) is 0 Å². The van der Waals surface area contributed by atoms with Crippen molar-refractivity contribution in [2.24, 2.45) is 0 Å². The number of hydrogen-bond acceptors (Lipinski definition) is 2. The van der Waals surface area contributed by atoms with E-state index in [0.717, 1.165) is 37.4 Å². The van der Waals surface area contributed by atoms with E-state index in [1.54, 1.807) is 0 Å². The summed E-state index contributed by atoms with van der Waals surface area (Å²) in [6.45, 7) is 4.36. The molecule has 0 fully saturated rings. The molecule has 132 valence electrons. The first-order valence-electron chi connectivity index (χ1n) is 9.27. The van der Waals surface area contributed by atoms with Crippen molar-refractivity contribution in [2.75, 3.05) is 13.6 Å². The van der Waals surface area contributed by atoms with Crippen LogP contribution in [0.2, 0.25) is 5.02 Å². The lowest BCUT2D eigenvalue weighted by molar-refractivity contribution is 0.311. The minimum atomic E-state index is 0.813. The maximum absolute atomic E-state index is 6.34. The minimum absolute atomic E-state index is 0.813. The Morgan fingerprint density at radius 2 is 2.04 bits per heavy atom. The van der Waals surface area contributed by atoms with Gasteiger partial charge in [0.05, 0.1) is 5.52 Å². The highest BCUT2D eigenvalue weighted by Crippen LogP contribution is 2.40. The van der Waals surface area contributed by atoms with Crippen molar-refractivity contribution >= 4 is 33.8 Å². The van der Waals surface area contributed by atoms with Crippen LogP contribution in [-0.2, 0) is 19.4 Å². The lowest BCUT2D eigenvalue weighted by Gasteiger charge is -2.25. The maximum Gasteiger partial charge on any atom is 0.0532 e. The molecule has 4 heteroatoms. The predicted molar refractivity (Wildman–Crippen MR) is 108 cm³/mol. The van der Waals surface area contributed by atoms with Crippen LogP contribution in [-0.4, -0.2) is 28.0 Å². The zero-order valence-corrected chi connectivity index (χ0v) is 16.0. The number of aromatic nitrogens is 2. The van der Waals surface area contributed by atoms with E-state index in [1.807, 2.05) is 18.5 Å². The average molecular weight is 364 g/mol. The van der Waals surface area contributed by atoms with Crippen LogP contribution in [0, 0.1) is 0 Å². The van der Waals surface area contributed by atoms with Gasteiger partial charge >= 0.3 is 0 Å². The molecule has 5 rings (SSSR count). The fraction of sp³-hybridized carbons (Fsp3) is 0.318. The number of aryl methyl sites for hydroxylation is 1. The second-order valence-corrected chi connectivity index (χ2v) is 7.94. The van der Waals surface area contributed by atoms with E-state index < -0.39 is 0 Å². The molecule has 0 saturated heterocycles. The van der Waals surface area contributed by atoms with Gasteiger partial charge in [-0.2, -0.15) is 0 Å². The Hall–Kier alpha value is -2.10. The van der Waals surface area contributed by atoms with E-state index in [-0.39, 0.29) is 0 Å². The second kappa shape index (κ2) is 5.97. The van der Waals surface area contributed by atoms with Crippen molar-refractivity contribution in [1.29, 1.82) is 0 Å². The van der Waals surface area contributed by atoms with Gasteiger partial charge in [-0.25, -0.2) is 0 Å². The summed E-state index contributed by atoms with van der Waals surface area (Å²) in [6.07, 6.45) is 7.19. The fourth-order valence-corrected chi connectivity index (χ4v) is 4.85. The first-order valence-corrected chi connectivity index (χ1v) is 9.65. The Morgan fingerprint density at radius 3 is 2.92 bits per heavy atom. The van der Waals surface area contributed by atoms with Gasteiger partial charge in [0, 0.05) is 53.7 Å². The summed E-state index contributed by atoms with van der Waals surface area (Å²) in [5, 5.41) is 2.11. The van der Waals surface area contributed by atoms with Gasteiger partial charge in [0.1, 0.15) is 0 Å². The molecule has 0 N–H and O–H groups in total. The van der Waals surface area contributed by atoms with E-state index in [9.17, 15) is 0 Å². The molecule has 0 bridgehead atoms. The molecule has 1 aliphatic carbocycles. The Balaban J connectivity index is 1.79. The molecule has 1 aromatic carbocycles. The molecule has 1 aliphatic heterocycles. The summed E-state index contributed by atoms with van der Waals surface area (Å²) in [5.74, 6) is 0. The Bertz CT molecular complexity index is 1060. The molecule has 0 unspecified atom stereocenters. The molecule has 0 atom stereocenters. The number of pyridine rings is 1. The molecular weight excluding hydrogens is 342 g/mol. The number of nitrogens with zero attached hydrogens (tertiary/aromatic N) is 3. The normalized spacial score (nSPS) is 18.9. The quantitative estimate of drug-likeness (QED) is 0.605. The van der Waals surface area contributed by atoms with Gasteiger partial charge < -0.3 is 9.47 Å². The SMILES string of the molecule is CC(=C1CCc2cnccc21)n1c2c(c3cc(Cl)ccc31)CN(C)CC2. The van der Waals surface area contributed by atoms with Crippen LogP contribution in [0.25, 0.3) is 22.2 Å². The third-order valence-corrected chi connectivity index (χ3v) is 6.18. The molecule has 0 spiro atoms. The lowest BCUT2D eigenvalue weighted by atomic mass is 10.0. The van der Waals surface area contributed by atoms with Gasteiger partial charge in [-0.05, 0) is 73.3 Å². The smallest absolute Gasteiger partial charge is 0.0532 e. The Kier molecular flexibility index (Phi) is 3.70. The number of rotatable bonds is 1. The van der Waals surface area contributed by atoms with Crippen LogP contribution in [0.15, 0.2) is 36.7 Å². The third kappa shape index (κ3) is 2.34. The van der Waals surface area contributed by atoms with E-state index in [4.69, 9.17) is 11.6 Å². The van der Waals surface area contributed by atoms with Crippen molar-refractivity contribution < 1.29 is 0 Å². The van der Waals surface area contributed by atoms with E-state index in [2.05, 4.69) is 46.6 Å². The van der Waals surface area contributed by atoms with E-state index in [1.165, 1.54) is 44.6 Å². The molecule has 26 heavy (non-hydrogen) atoms. The van der Waals surface area contributed by atoms with Gasteiger partial charge in [-0.1, -0.05) is 11.6 Å². The van der Waals surface area contributed by atoms with Crippen LogP contribution in [0.1, 0.15) is 35.7 Å². The molecule has 0 saturated carbocycles. The number of halogens is 1. The summed E-state index contributed by atoms with van der Waals surface area (Å²) < 4.78 is 2.50. The Labute approximate surface area is 158 Å². The summed E-state index contributed by atoms with van der Waals surface area (Å²) >= 11 is 6.34. The molecular formula is C22H22ClN3. The average Bonchev–Trinajstić information content (AvgIpc) is 3.20. The van der Waals surface area contributed by atoms with Crippen LogP contribution >= 0.6 is 11.6 Å². The van der Waals surface area contributed by atoms with Crippen LogP contribution in [0.5, 0.6) is 0 Å². The topological polar surface area (TPSA) is 21.1 Å².